The lowest BCUT2D eigenvalue weighted by Crippen LogP contribution is -2.24. The quantitative estimate of drug-likeness (QED) is 0.472. The SMILES string of the molecule is Cc1nnc(NC(=O)CSc2nc3c(c(=O)n2-c2ccc(F)cc2)SC(C)C3)s1. The van der Waals surface area contributed by atoms with Gasteiger partial charge in [0.25, 0.3) is 5.56 Å². The maximum Gasteiger partial charge on any atom is 0.272 e. The predicted octanol–water partition coefficient (Wildman–Crippen LogP) is 3.30. The second kappa shape index (κ2) is 8.25. The number of aromatic nitrogens is 4. The topological polar surface area (TPSA) is 89.8 Å². The first-order valence-corrected chi connectivity index (χ1v) is 11.4. The van der Waals surface area contributed by atoms with Crippen LogP contribution in [0.5, 0.6) is 0 Å². The van der Waals surface area contributed by atoms with Crippen molar-refractivity contribution in [1.82, 2.24) is 19.7 Å². The first-order chi connectivity index (χ1) is 13.9. The van der Waals surface area contributed by atoms with Crippen LogP contribution < -0.4 is 10.9 Å². The Bertz CT molecular complexity index is 1130. The number of rotatable bonds is 5. The minimum Gasteiger partial charge on any atom is -0.300 e. The number of carbonyl (C=O) groups is 1. The first-order valence-electron chi connectivity index (χ1n) is 8.72. The van der Waals surface area contributed by atoms with Crippen LogP contribution in [0.2, 0.25) is 0 Å². The van der Waals surface area contributed by atoms with Gasteiger partial charge in [-0.3, -0.25) is 19.5 Å². The van der Waals surface area contributed by atoms with Crippen molar-refractivity contribution in [2.45, 2.75) is 35.6 Å². The fourth-order valence-electron chi connectivity index (χ4n) is 2.85. The number of aryl methyl sites for hydroxylation is 1. The molecule has 0 fully saturated rings. The van der Waals surface area contributed by atoms with E-state index in [2.05, 4.69) is 20.5 Å². The molecule has 0 spiro atoms. The highest BCUT2D eigenvalue weighted by atomic mass is 32.2. The van der Waals surface area contributed by atoms with Crippen molar-refractivity contribution in [2.24, 2.45) is 0 Å². The Morgan fingerprint density at radius 2 is 2.10 bits per heavy atom. The molecule has 7 nitrogen and oxygen atoms in total. The van der Waals surface area contributed by atoms with E-state index in [1.165, 1.54) is 51.9 Å². The van der Waals surface area contributed by atoms with Crippen molar-refractivity contribution < 1.29 is 9.18 Å². The summed E-state index contributed by atoms with van der Waals surface area (Å²) in [5.74, 6) is -0.609. The Morgan fingerprint density at radius 1 is 1.34 bits per heavy atom. The molecule has 0 saturated carbocycles. The molecule has 3 aromatic rings. The molecule has 3 heterocycles. The Labute approximate surface area is 178 Å². The van der Waals surface area contributed by atoms with Crippen molar-refractivity contribution >= 4 is 45.9 Å². The molecule has 1 unspecified atom stereocenters. The lowest BCUT2D eigenvalue weighted by molar-refractivity contribution is -0.113. The lowest BCUT2D eigenvalue weighted by atomic mass is 10.2. The van der Waals surface area contributed by atoms with Gasteiger partial charge >= 0.3 is 0 Å². The van der Waals surface area contributed by atoms with Crippen molar-refractivity contribution in [3.05, 3.63) is 51.1 Å². The number of nitrogens with one attached hydrogen (secondary N) is 1. The molecule has 2 aromatic heterocycles. The molecule has 1 aromatic carbocycles. The minimum absolute atomic E-state index is 0.0494. The Hall–Kier alpha value is -2.24. The largest absolute Gasteiger partial charge is 0.300 e. The number of amides is 1. The summed E-state index contributed by atoms with van der Waals surface area (Å²) in [5, 5.41) is 12.3. The van der Waals surface area contributed by atoms with Crippen LogP contribution in [0.4, 0.5) is 9.52 Å². The maximum atomic E-state index is 13.4. The summed E-state index contributed by atoms with van der Waals surface area (Å²) in [6.07, 6.45) is 0.698. The Balaban J connectivity index is 1.64. The summed E-state index contributed by atoms with van der Waals surface area (Å²) in [7, 11) is 0. The molecular formula is C18H16FN5O2S3. The first kappa shape index (κ1) is 20.0. The zero-order chi connectivity index (χ0) is 20.5. The third-order valence-electron chi connectivity index (χ3n) is 4.07. The maximum absolute atomic E-state index is 13.4. The predicted molar refractivity (Wildman–Crippen MR) is 113 cm³/mol. The standard InChI is InChI=1S/C18H16FN5O2S3/c1-9-7-13-15(28-9)16(26)24(12-5-3-11(19)4-6-12)18(20-13)27-8-14(25)21-17-23-22-10(2)29-17/h3-6,9H,7-8H2,1-2H3,(H,21,23,25). The molecule has 0 bridgehead atoms. The fraction of sp³-hybridized carbons (Fsp3) is 0.278. The van der Waals surface area contributed by atoms with E-state index < -0.39 is 0 Å². The highest BCUT2D eigenvalue weighted by molar-refractivity contribution is 8.00. The van der Waals surface area contributed by atoms with Crippen LogP contribution in [0.3, 0.4) is 0 Å². The van der Waals surface area contributed by atoms with Crippen molar-refractivity contribution in [1.29, 1.82) is 0 Å². The summed E-state index contributed by atoms with van der Waals surface area (Å²) in [5.41, 5.74) is 1.06. The molecule has 1 amide bonds. The summed E-state index contributed by atoms with van der Waals surface area (Å²) < 4.78 is 14.8. The summed E-state index contributed by atoms with van der Waals surface area (Å²) in [6, 6.07) is 5.65. The van der Waals surface area contributed by atoms with Crippen molar-refractivity contribution in [3.8, 4) is 5.69 Å². The average molecular weight is 450 g/mol. The number of anilines is 1. The van der Waals surface area contributed by atoms with Crippen LogP contribution in [0, 0.1) is 12.7 Å². The molecule has 0 saturated heterocycles. The number of benzene rings is 1. The third-order valence-corrected chi connectivity index (χ3v) is 6.98. The van der Waals surface area contributed by atoms with Gasteiger partial charge in [-0.25, -0.2) is 9.37 Å². The van der Waals surface area contributed by atoms with E-state index in [0.29, 0.717) is 27.3 Å². The average Bonchev–Trinajstić information content (AvgIpc) is 3.26. The zero-order valence-electron chi connectivity index (χ0n) is 15.5. The molecule has 29 heavy (non-hydrogen) atoms. The van der Waals surface area contributed by atoms with E-state index in [-0.39, 0.29) is 28.3 Å². The second-order valence-electron chi connectivity index (χ2n) is 6.38. The number of nitrogens with zero attached hydrogens (tertiary/aromatic N) is 4. The van der Waals surface area contributed by atoms with Crippen LogP contribution in [0.15, 0.2) is 39.1 Å². The smallest absolute Gasteiger partial charge is 0.272 e. The van der Waals surface area contributed by atoms with Crippen LogP contribution >= 0.6 is 34.9 Å². The molecule has 150 valence electrons. The number of hydrogen-bond acceptors (Lipinski definition) is 8. The molecule has 1 aliphatic rings. The Morgan fingerprint density at radius 3 is 2.79 bits per heavy atom. The fourth-order valence-corrected chi connectivity index (χ4v) is 5.38. The molecule has 11 heteroatoms. The van der Waals surface area contributed by atoms with E-state index >= 15 is 0 Å². The van der Waals surface area contributed by atoms with Crippen LogP contribution in [0.1, 0.15) is 17.6 Å². The normalized spacial score (nSPS) is 15.3. The van der Waals surface area contributed by atoms with Gasteiger partial charge in [0.05, 0.1) is 22.0 Å². The molecule has 0 aliphatic carbocycles. The number of halogens is 1. The molecular weight excluding hydrogens is 433 g/mol. The highest BCUT2D eigenvalue weighted by Gasteiger charge is 2.27. The number of carbonyl (C=O) groups excluding carboxylic acids is 1. The van der Waals surface area contributed by atoms with Gasteiger partial charge in [0.15, 0.2) is 5.16 Å². The molecule has 1 N–H and O–H groups in total. The van der Waals surface area contributed by atoms with Gasteiger partial charge in [-0.15, -0.1) is 22.0 Å². The number of thioether (sulfide) groups is 2. The van der Waals surface area contributed by atoms with Crippen molar-refractivity contribution in [3.63, 3.8) is 0 Å². The molecule has 1 atom stereocenters. The van der Waals surface area contributed by atoms with Gasteiger partial charge in [0.2, 0.25) is 11.0 Å². The lowest BCUT2D eigenvalue weighted by Gasteiger charge is -2.13. The van der Waals surface area contributed by atoms with Gasteiger partial charge in [0, 0.05) is 11.7 Å². The van der Waals surface area contributed by atoms with Gasteiger partial charge in [-0.2, -0.15) is 0 Å². The van der Waals surface area contributed by atoms with E-state index in [4.69, 9.17) is 0 Å². The number of fused-ring (bicyclic) bond motifs is 1. The Kier molecular flexibility index (Phi) is 5.70. The molecule has 1 aliphatic heterocycles. The molecule has 0 radical (unpaired) electrons. The highest BCUT2D eigenvalue weighted by Crippen LogP contribution is 2.34. The van der Waals surface area contributed by atoms with Crippen LogP contribution in [0.25, 0.3) is 5.69 Å². The zero-order valence-corrected chi connectivity index (χ0v) is 18.0. The summed E-state index contributed by atoms with van der Waals surface area (Å²) in [4.78, 5) is 30.7. The molecule has 4 rings (SSSR count). The number of hydrogen-bond donors (Lipinski definition) is 1. The van der Waals surface area contributed by atoms with Crippen molar-refractivity contribution in [2.75, 3.05) is 11.1 Å². The third kappa shape index (κ3) is 4.36. The summed E-state index contributed by atoms with van der Waals surface area (Å²) in [6.45, 7) is 3.84. The monoisotopic (exact) mass is 449 g/mol. The minimum atomic E-state index is -0.389. The van der Waals surface area contributed by atoms with Gasteiger partial charge < -0.3 is 0 Å². The summed E-state index contributed by atoms with van der Waals surface area (Å²) >= 11 is 3.93. The van der Waals surface area contributed by atoms with E-state index in [0.717, 1.165) is 22.5 Å². The van der Waals surface area contributed by atoms with E-state index in [1.54, 1.807) is 6.92 Å². The van der Waals surface area contributed by atoms with Crippen LogP contribution in [-0.4, -0.2) is 36.7 Å². The van der Waals surface area contributed by atoms with Crippen LogP contribution in [-0.2, 0) is 11.2 Å². The second-order valence-corrected chi connectivity index (χ2v) is 9.96. The van der Waals surface area contributed by atoms with E-state index in [1.807, 2.05) is 6.92 Å². The van der Waals surface area contributed by atoms with Gasteiger partial charge in [-0.05, 0) is 31.2 Å². The van der Waals surface area contributed by atoms with Gasteiger partial charge in [0.1, 0.15) is 10.8 Å². The van der Waals surface area contributed by atoms with E-state index in [9.17, 15) is 14.0 Å². The van der Waals surface area contributed by atoms with Gasteiger partial charge in [-0.1, -0.05) is 30.0 Å².